The maximum Gasteiger partial charge on any atom is 0.201 e. The van der Waals surface area contributed by atoms with Crippen LogP contribution in [0.25, 0.3) is 62.4 Å². The molecule has 3 aromatic rings. The summed E-state index contributed by atoms with van der Waals surface area (Å²) < 4.78 is 42.5. The lowest BCUT2D eigenvalue weighted by Gasteiger charge is -2.12. The summed E-state index contributed by atoms with van der Waals surface area (Å²) in [7, 11) is 10.5. The van der Waals surface area contributed by atoms with Crippen molar-refractivity contribution in [2.75, 3.05) is 122 Å². The Kier molecular flexibility index (Phi) is 31.1. The van der Waals surface area contributed by atoms with E-state index >= 15 is 0 Å². The molecule has 0 saturated carbocycles. The molecule has 0 bridgehead atoms. The summed E-state index contributed by atoms with van der Waals surface area (Å²) in [5.74, 6) is 0. The van der Waals surface area contributed by atoms with E-state index in [4.69, 9.17) is 43.4 Å². The van der Waals surface area contributed by atoms with Gasteiger partial charge in [0.1, 0.15) is 39.6 Å². The Bertz CT molecular complexity index is 3150. The van der Waals surface area contributed by atoms with Crippen LogP contribution in [0.4, 0.5) is 0 Å². The van der Waals surface area contributed by atoms with E-state index in [1.54, 1.807) is 42.7 Å². The van der Waals surface area contributed by atoms with Crippen molar-refractivity contribution in [3.8, 4) is 31.7 Å². The molecule has 0 N–H and O–H groups in total. The van der Waals surface area contributed by atoms with Crippen LogP contribution in [0.3, 0.4) is 0 Å². The number of nitrogens with zero attached hydrogens (tertiary/aromatic N) is 6. The highest BCUT2D eigenvalue weighted by Crippen LogP contribution is 2.36. The number of aryl methyl sites for hydroxylation is 6. The Morgan fingerprint density at radius 2 is 0.593 bits per heavy atom. The van der Waals surface area contributed by atoms with Gasteiger partial charge in [0.2, 0.25) is 16.1 Å². The van der Waals surface area contributed by atoms with Gasteiger partial charge in [0.25, 0.3) is 0 Å². The van der Waals surface area contributed by atoms with Gasteiger partial charge in [0.15, 0.2) is 39.3 Å². The monoisotopic (exact) mass is 1490 g/mol. The topological polar surface area (TPSA) is 103 Å². The summed E-state index contributed by atoms with van der Waals surface area (Å²) >= 11 is 5.47. The molecular weight excluding hydrogens is 1410 g/mol. The first-order valence-electron chi connectivity index (χ1n) is 27.2. The highest BCUT2D eigenvalue weighted by molar-refractivity contribution is 7.22. The lowest BCUT2D eigenvalue weighted by molar-refractivity contribution is -0.00100. The molecule has 0 aromatic heterocycles. The lowest BCUT2D eigenvalue weighted by Crippen LogP contribution is -3.00. The van der Waals surface area contributed by atoms with Gasteiger partial charge in [-0.05, 0) is 91.6 Å². The molecule has 0 spiro atoms. The fourth-order valence-corrected chi connectivity index (χ4v) is 12.9. The van der Waals surface area contributed by atoms with Gasteiger partial charge in [-0.1, -0.05) is 57.2 Å². The van der Waals surface area contributed by atoms with E-state index in [0.717, 1.165) is 92.2 Å². The van der Waals surface area contributed by atoms with Crippen molar-refractivity contribution in [3.63, 3.8) is 0 Å². The number of para-hydroxylation sites is 3. The van der Waals surface area contributed by atoms with Crippen molar-refractivity contribution in [1.29, 1.82) is 0 Å². The standard InChI is InChI=1S/3C21H27N2O2S.3HI/c3*1-5-16-13-17(23(9-11-24-3)10-12-25-4)14-19-21(16)22-20-15(2)7-6-8-18(20)26-19;;;/h3*6-8,13-14H,5,9-12H2,1-4H3;3*1H/q3*+1;;;/p-3. The summed E-state index contributed by atoms with van der Waals surface area (Å²) in [5.41, 5.74) is 14.3. The maximum atomic E-state index is 5.30. The Hall–Kier alpha value is -3.27. The highest BCUT2D eigenvalue weighted by atomic mass is 127. The molecule has 0 atom stereocenters. The first-order valence-corrected chi connectivity index (χ1v) is 29.6. The molecule has 3 aliphatic heterocycles. The number of halogens is 3. The Morgan fingerprint density at radius 1 is 0.358 bits per heavy atom. The number of aromatic nitrogens is 3. The third kappa shape index (κ3) is 18.4. The smallest absolute Gasteiger partial charge is 0.201 e. The summed E-state index contributed by atoms with van der Waals surface area (Å²) in [6.45, 7) is 22.2. The normalized spacial score (nSPS) is 11.0. The fourth-order valence-electron chi connectivity index (χ4n) is 9.50. The maximum absolute atomic E-state index is 5.30. The van der Waals surface area contributed by atoms with Gasteiger partial charge in [0, 0.05) is 79.1 Å². The van der Waals surface area contributed by atoms with Crippen molar-refractivity contribution in [2.24, 2.45) is 0 Å². The molecule has 438 valence electrons. The second-order valence-electron chi connectivity index (χ2n) is 19.2. The first kappa shape index (κ1) is 70.2. The average molecular weight is 1500 g/mol. The van der Waals surface area contributed by atoms with E-state index in [-0.39, 0.29) is 71.9 Å². The number of benzene rings is 6. The molecule has 3 aliphatic carbocycles. The second kappa shape index (κ2) is 35.9. The molecule has 12 nitrogen and oxygen atoms in total. The van der Waals surface area contributed by atoms with Crippen molar-refractivity contribution in [2.45, 2.75) is 60.8 Å². The third-order valence-corrected chi connectivity index (χ3v) is 17.2. The number of hydrogen-bond acceptors (Lipinski definition) is 12. The van der Waals surface area contributed by atoms with Gasteiger partial charge >= 0.3 is 0 Å². The molecule has 0 unspecified atom stereocenters. The fraction of sp³-hybridized carbons (Fsp3) is 0.429. The number of hydrogen-bond donors (Lipinski definition) is 0. The van der Waals surface area contributed by atoms with Crippen molar-refractivity contribution >= 4 is 64.7 Å². The summed E-state index contributed by atoms with van der Waals surface area (Å²) in [4.78, 5) is 18.7. The molecule has 0 fully saturated rings. The van der Waals surface area contributed by atoms with Gasteiger partial charge in [-0.25, -0.2) is 28.7 Å². The average Bonchev–Trinajstić information content (AvgIpc) is 3.61. The molecule has 0 radical (unpaired) electrons. The van der Waals surface area contributed by atoms with E-state index in [2.05, 4.69) is 146 Å². The largest absolute Gasteiger partial charge is 1.00 e. The zero-order chi connectivity index (χ0) is 55.6. The van der Waals surface area contributed by atoms with Crippen LogP contribution in [-0.2, 0) is 47.7 Å². The van der Waals surface area contributed by atoms with Gasteiger partial charge in [-0.15, -0.1) is 34.0 Å². The van der Waals surface area contributed by atoms with Crippen LogP contribution in [-0.4, -0.2) is 137 Å². The minimum Gasteiger partial charge on any atom is -1.00 e. The summed E-state index contributed by atoms with van der Waals surface area (Å²) in [5, 5.41) is 3.65. The van der Waals surface area contributed by atoms with Crippen LogP contribution in [0.5, 0.6) is 0 Å². The molecule has 3 aromatic carbocycles. The predicted molar refractivity (Wildman–Crippen MR) is 327 cm³/mol. The van der Waals surface area contributed by atoms with Crippen molar-refractivity contribution < 1.29 is 100 Å². The van der Waals surface area contributed by atoms with Crippen LogP contribution < -0.4 is 102 Å². The molecule has 18 heteroatoms. The highest BCUT2D eigenvalue weighted by Gasteiger charge is 2.20. The zero-order valence-electron chi connectivity index (χ0n) is 49.3. The lowest BCUT2D eigenvalue weighted by atomic mass is 10.1. The van der Waals surface area contributed by atoms with Crippen LogP contribution >= 0.6 is 34.0 Å². The van der Waals surface area contributed by atoms with Gasteiger partial charge in [-0.2, -0.15) is 0 Å². The van der Waals surface area contributed by atoms with Crippen LogP contribution in [0, 0.1) is 20.8 Å². The molecule has 0 amide bonds. The number of methoxy groups -OCH3 is 6. The second-order valence-corrected chi connectivity index (χ2v) is 22.5. The number of ether oxygens (including phenoxy) is 6. The summed E-state index contributed by atoms with van der Waals surface area (Å²) in [6.07, 6.45) is 2.89. The first-order chi connectivity index (χ1) is 38.0. The number of fused-ring (bicyclic) bond motifs is 6. The van der Waals surface area contributed by atoms with E-state index in [0.29, 0.717) is 39.6 Å². The van der Waals surface area contributed by atoms with Crippen LogP contribution in [0.1, 0.15) is 54.2 Å². The predicted octanol–water partition coefficient (Wildman–Crippen LogP) is 1.02. The van der Waals surface area contributed by atoms with Gasteiger partial charge < -0.3 is 100 Å². The van der Waals surface area contributed by atoms with Crippen molar-refractivity contribution in [1.82, 2.24) is 28.7 Å². The van der Waals surface area contributed by atoms with E-state index < -0.39 is 0 Å². The Balaban J connectivity index is 0.000000257. The van der Waals surface area contributed by atoms with E-state index in [9.17, 15) is 0 Å². The van der Waals surface area contributed by atoms with Gasteiger partial charge in [0.05, 0.1) is 62.4 Å². The molecule has 0 saturated heterocycles. The summed E-state index contributed by atoms with van der Waals surface area (Å²) in [6, 6.07) is 32.8. The minimum absolute atomic E-state index is 0. The van der Waals surface area contributed by atoms with Gasteiger partial charge in [-0.3, -0.25) is 0 Å². The molecule has 3 heterocycles. The van der Waals surface area contributed by atoms with Crippen molar-refractivity contribution in [3.05, 3.63) is 140 Å². The Labute approximate surface area is 543 Å². The SMILES string of the molecule is CCc1cc(=[N+](CCOC)CCOC)cc2sc3cccc(C)c3nc1-2.CCc1cc(=[N+](CCOC)CCOC)cc2sc3cccc(C)c3nc1-2.CCc1cc(=[N+](CCOC)CCOC)cc2sc3cccc(C)c3nc1-2.[I-].[I-].[I-]. The molecule has 9 rings (SSSR count). The number of rotatable bonds is 21. The third-order valence-electron chi connectivity index (χ3n) is 14.0. The van der Waals surface area contributed by atoms with Crippen LogP contribution in [0.2, 0.25) is 0 Å². The molecular formula is C63H81I3N6O6S3. The minimum atomic E-state index is 0. The zero-order valence-corrected chi connectivity index (χ0v) is 58.2. The van der Waals surface area contributed by atoms with E-state index in [1.807, 2.05) is 34.0 Å². The van der Waals surface area contributed by atoms with E-state index in [1.165, 1.54) is 78.2 Å². The molecule has 81 heavy (non-hydrogen) atoms. The Morgan fingerprint density at radius 3 is 0.802 bits per heavy atom. The van der Waals surface area contributed by atoms with Crippen LogP contribution in [0.15, 0.2) is 91.0 Å². The quantitative estimate of drug-likeness (QED) is 0.0594. The molecule has 6 aliphatic rings.